The number of hydrogen-bond acceptors (Lipinski definition) is 6. The fourth-order valence-corrected chi connectivity index (χ4v) is 2.96. The first-order valence-corrected chi connectivity index (χ1v) is 7.78. The number of aryl methyl sites for hydroxylation is 2. The Labute approximate surface area is 133 Å². The second-order valence-corrected chi connectivity index (χ2v) is 5.75. The van der Waals surface area contributed by atoms with E-state index in [1.54, 1.807) is 10.9 Å². The van der Waals surface area contributed by atoms with Crippen LogP contribution < -0.4 is 5.32 Å². The SMILES string of the molecule is CCc1nc([C@@H]2COC[C@@H]2Nc2ccnc3c2cnn3C)n[nH]1. The molecule has 0 aliphatic carbocycles. The summed E-state index contributed by atoms with van der Waals surface area (Å²) in [5.41, 5.74) is 1.87. The zero-order chi connectivity index (χ0) is 15.8. The third-order valence-corrected chi connectivity index (χ3v) is 4.27. The van der Waals surface area contributed by atoms with Gasteiger partial charge in [0, 0.05) is 25.4 Å². The van der Waals surface area contributed by atoms with Crippen LogP contribution in [0.15, 0.2) is 18.5 Å². The maximum Gasteiger partial charge on any atom is 0.159 e. The molecule has 8 heteroatoms. The minimum atomic E-state index is 0.126. The Morgan fingerprint density at radius 3 is 3.17 bits per heavy atom. The van der Waals surface area contributed by atoms with E-state index in [9.17, 15) is 0 Å². The molecule has 0 amide bonds. The lowest BCUT2D eigenvalue weighted by Crippen LogP contribution is -2.27. The van der Waals surface area contributed by atoms with Crippen molar-refractivity contribution < 1.29 is 4.74 Å². The molecule has 120 valence electrons. The highest BCUT2D eigenvalue weighted by atomic mass is 16.5. The van der Waals surface area contributed by atoms with Crippen LogP contribution in [-0.4, -0.2) is 49.2 Å². The quantitative estimate of drug-likeness (QED) is 0.753. The number of hydrogen-bond donors (Lipinski definition) is 2. The molecule has 2 atom stereocenters. The Kier molecular flexibility index (Phi) is 3.45. The Morgan fingerprint density at radius 1 is 1.43 bits per heavy atom. The van der Waals surface area contributed by atoms with Crippen LogP contribution >= 0.6 is 0 Å². The predicted octanol–water partition coefficient (Wildman–Crippen LogP) is 1.24. The van der Waals surface area contributed by atoms with Crippen molar-refractivity contribution in [1.82, 2.24) is 29.9 Å². The van der Waals surface area contributed by atoms with Gasteiger partial charge in [-0.15, -0.1) is 0 Å². The Morgan fingerprint density at radius 2 is 2.35 bits per heavy atom. The molecule has 1 fully saturated rings. The van der Waals surface area contributed by atoms with Gasteiger partial charge in [0.1, 0.15) is 5.82 Å². The molecule has 23 heavy (non-hydrogen) atoms. The summed E-state index contributed by atoms with van der Waals surface area (Å²) in [4.78, 5) is 8.92. The first-order chi connectivity index (χ1) is 11.3. The number of ether oxygens (including phenoxy) is 1. The van der Waals surface area contributed by atoms with Gasteiger partial charge in [0.15, 0.2) is 11.5 Å². The van der Waals surface area contributed by atoms with Gasteiger partial charge in [0.05, 0.1) is 36.8 Å². The first kappa shape index (κ1) is 14.1. The van der Waals surface area contributed by atoms with Gasteiger partial charge in [0.25, 0.3) is 0 Å². The van der Waals surface area contributed by atoms with Gasteiger partial charge in [-0.3, -0.25) is 9.78 Å². The molecule has 8 nitrogen and oxygen atoms in total. The second-order valence-electron chi connectivity index (χ2n) is 5.75. The second kappa shape index (κ2) is 5.62. The molecule has 1 aliphatic rings. The largest absolute Gasteiger partial charge is 0.378 e. The molecule has 2 N–H and O–H groups in total. The molecular weight excluding hydrogens is 294 g/mol. The molecule has 1 aliphatic heterocycles. The van der Waals surface area contributed by atoms with E-state index in [4.69, 9.17) is 4.74 Å². The van der Waals surface area contributed by atoms with Crippen molar-refractivity contribution in [2.24, 2.45) is 7.05 Å². The monoisotopic (exact) mass is 313 g/mol. The fraction of sp³-hybridized carbons (Fsp3) is 0.467. The molecule has 0 saturated carbocycles. The topological polar surface area (TPSA) is 93.5 Å². The van der Waals surface area contributed by atoms with Crippen molar-refractivity contribution in [2.45, 2.75) is 25.3 Å². The van der Waals surface area contributed by atoms with E-state index in [1.165, 1.54) is 0 Å². The van der Waals surface area contributed by atoms with Crippen LogP contribution in [0.2, 0.25) is 0 Å². The highest BCUT2D eigenvalue weighted by Gasteiger charge is 2.33. The lowest BCUT2D eigenvalue weighted by Gasteiger charge is -2.18. The number of aromatic nitrogens is 6. The molecule has 0 spiro atoms. The van der Waals surface area contributed by atoms with Crippen LogP contribution in [0, 0.1) is 0 Å². The Balaban J connectivity index is 1.61. The molecule has 0 unspecified atom stereocenters. The summed E-state index contributed by atoms with van der Waals surface area (Å²) < 4.78 is 7.43. The lowest BCUT2D eigenvalue weighted by molar-refractivity contribution is 0.191. The van der Waals surface area contributed by atoms with Crippen molar-refractivity contribution in [2.75, 3.05) is 18.5 Å². The molecule has 3 aromatic heterocycles. The number of nitrogens with one attached hydrogen (secondary N) is 2. The maximum atomic E-state index is 5.66. The standard InChI is InChI=1S/C15H19N7O/c1-3-13-19-14(21-20-13)10-7-23-8-12(10)18-11-4-5-16-15-9(11)6-17-22(15)2/h4-6,10,12H,3,7-8H2,1-2H3,(H,16,18)(H,19,20,21)/t10-,12+/m1/s1. The third-order valence-electron chi connectivity index (χ3n) is 4.27. The zero-order valence-corrected chi connectivity index (χ0v) is 13.2. The van der Waals surface area contributed by atoms with Gasteiger partial charge < -0.3 is 10.1 Å². The van der Waals surface area contributed by atoms with E-state index in [0.29, 0.717) is 13.2 Å². The molecule has 0 radical (unpaired) electrons. The number of aromatic amines is 1. The summed E-state index contributed by atoms with van der Waals surface area (Å²) in [7, 11) is 1.89. The Bertz CT molecular complexity index is 824. The average molecular weight is 313 g/mol. The van der Waals surface area contributed by atoms with Crippen molar-refractivity contribution in [3.8, 4) is 0 Å². The normalized spacial score (nSPS) is 21.1. The predicted molar refractivity (Wildman–Crippen MR) is 85.2 cm³/mol. The van der Waals surface area contributed by atoms with Crippen molar-refractivity contribution in [3.05, 3.63) is 30.1 Å². The molecule has 4 rings (SSSR count). The summed E-state index contributed by atoms with van der Waals surface area (Å²) in [5.74, 6) is 1.85. The molecular formula is C15H19N7O. The number of H-pyrrole nitrogens is 1. The molecule has 1 saturated heterocycles. The summed E-state index contributed by atoms with van der Waals surface area (Å²) in [5, 5.41) is 16.2. The summed E-state index contributed by atoms with van der Waals surface area (Å²) in [6, 6.07) is 2.09. The van der Waals surface area contributed by atoms with Gasteiger partial charge in [0.2, 0.25) is 0 Å². The van der Waals surface area contributed by atoms with Crippen LogP contribution in [0.25, 0.3) is 11.0 Å². The van der Waals surface area contributed by atoms with E-state index < -0.39 is 0 Å². The van der Waals surface area contributed by atoms with Crippen molar-refractivity contribution in [3.63, 3.8) is 0 Å². The minimum absolute atomic E-state index is 0.126. The molecule has 3 aromatic rings. The van der Waals surface area contributed by atoms with E-state index >= 15 is 0 Å². The smallest absolute Gasteiger partial charge is 0.159 e. The van der Waals surface area contributed by atoms with E-state index in [0.717, 1.165) is 34.8 Å². The average Bonchev–Trinajstić information content (AvgIpc) is 3.28. The summed E-state index contributed by atoms with van der Waals surface area (Å²) in [6.07, 6.45) is 4.47. The van der Waals surface area contributed by atoms with Gasteiger partial charge in [-0.25, -0.2) is 9.97 Å². The molecule has 4 heterocycles. The van der Waals surface area contributed by atoms with Crippen LogP contribution in [0.3, 0.4) is 0 Å². The lowest BCUT2D eigenvalue weighted by atomic mass is 10.0. The highest BCUT2D eigenvalue weighted by Crippen LogP contribution is 2.29. The van der Waals surface area contributed by atoms with E-state index in [1.807, 2.05) is 19.3 Å². The molecule has 0 aromatic carbocycles. The van der Waals surface area contributed by atoms with Crippen LogP contribution in [-0.2, 0) is 18.2 Å². The van der Waals surface area contributed by atoms with E-state index in [-0.39, 0.29) is 12.0 Å². The van der Waals surface area contributed by atoms with Crippen LogP contribution in [0.5, 0.6) is 0 Å². The van der Waals surface area contributed by atoms with Gasteiger partial charge in [-0.2, -0.15) is 10.2 Å². The van der Waals surface area contributed by atoms with Crippen molar-refractivity contribution in [1.29, 1.82) is 0 Å². The molecule has 0 bridgehead atoms. The van der Waals surface area contributed by atoms with Gasteiger partial charge in [-0.1, -0.05) is 6.92 Å². The fourth-order valence-electron chi connectivity index (χ4n) is 2.96. The maximum absolute atomic E-state index is 5.66. The van der Waals surface area contributed by atoms with E-state index in [2.05, 4.69) is 37.5 Å². The number of anilines is 1. The Hall–Kier alpha value is -2.48. The number of nitrogens with zero attached hydrogens (tertiary/aromatic N) is 5. The zero-order valence-electron chi connectivity index (χ0n) is 13.2. The van der Waals surface area contributed by atoms with Gasteiger partial charge >= 0.3 is 0 Å². The minimum Gasteiger partial charge on any atom is -0.378 e. The number of fused-ring (bicyclic) bond motifs is 1. The van der Waals surface area contributed by atoms with Gasteiger partial charge in [-0.05, 0) is 6.07 Å². The third kappa shape index (κ3) is 2.44. The summed E-state index contributed by atoms with van der Waals surface area (Å²) in [6.45, 7) is 3.31. The highest BCUT2D eigenvalue weighted by molar-refractivity contribution is 5.88. The van der Waals surface area contributed by atoms with Crippen LogP contribution in [0.1, 0.15) is 24.5 Å². The van der Waals surface area contributed by atoms with Crippen LogP contribution in [0.4, 0.5) is 5.69 Å². The first-order valence-electron chi connectivity index (χ1n) is 7.78. The number of rotatable bonds is 4. The van der Waals surface area contributed by atoms with Crippen molar-refractivity contribution >= 4 is 16.7 Å². The number of pyridine rings is 1. The summed E-state index contributed by atoms with van der Waals surface area (Å²) >= 11 is 0.